The standard InChI is InChI=1S/C44H57ClN8O9/c1-51(2)43(57)38-27-33-29-48-44(50-41(33)53(38)35-7-3-4-8-35)49-34-11-9-31(10-12-34)42(56)47-16-19-59-21-23-61-25-24-60-22-20-58-18-15-46-39(54)30-62-36-13-14-37-32(26-36)6-5-17-52(37)40(55)28-45/h9-14,26-27,29,35H,3-8,15-25,28,30H2,1-2H3,(H,46,54)(H,47,56)(H,48,49,50). The maximum atomic E-state index is 13.0. The number of carbonyl (C=O) groups excluding carboxylic acids is 4. The minimum Gasteiger partial charge on any atom is -0.484 e. The molecule has 0 bridgehead atoms. The second-order valence-corrected chi connectivity index (χ2v) is 15.4. The van der Waals surface area contributed by atoms with Crippen molar-refractivity contribution in [2.45, 2.75) is 44.6 Å². The topological polar surface area (TPSA) is 188 Å². The van der Waals surface area contributed by atoms with E-state index in [9.17, 15) is 19.2 Å². The van der Waals surface area contributed by atoms with E-state index in [2.05, 4.69) is 25.5 Å². The van der Waals surface area contributed by atoms with Crippen molar-refractivity contribution in [3.63, 3.8) is 0 Å². The van der Waals surface area contributed by atoms with Crippen molar-refractivity contribution in [2.24, 2.45) is 0 Å². The molecule has 3 heterocycles. The Labute approximate surface area is 366 Å². The van der Waals surface area contributed by atoms with Crippen LogP contribution in [0.3, 0.4) is 0 Å². The normalized spacial score (nSPS) is 13.8. The van der Waals surface area contributed by atoms with Crippen LogP contribution in [0.2, 0.25) is 0 Å². The number of anilines is 3. The van der Waals surface area contributed by atoms with Gasteiger partial charge in [-0.25, -0.2) is 4.98 Å². The van der Waals surface area contributed by atoms with Gasteiger partial charge in [-0.2, -0.15) is 4.98 Å². The van der Waals surface area contributed by atoms with Crippen molar-refractivity contribution in [3.8, 4) is 5.75 Å². The van der Waals surface area contributed by atoms with E-state index < -0.39 is 0 Å². The number of nitrogens with zero attached hydrogens (tertiary/aromatic N) is 5. The molecule has 1 aliphatic carbocycles. The van der Waals surface area contributed by atoms with Crippen LogP contribution in [0.5, 0.6) is 5.75 Å². The minimum atomic E-state index is -0.258. The number of benzene rings is 2. The Morgan fingerprint density at radius 1 is 0.823 bits per heavy atom. The lowest BCUT2D eigenvalue weighted by atomic mass is 10.0. The third kappa shape index (κ3) is 13.1. The first-order chi connectivity index (χ1) is 30.2. The molecular weight excluding hydrogens is 820 g/mol. The van der Waals surface area contributed by atoms with Gasteiger partial charge in [0.25, 0.3) is 17.7 Å². The molecule has 1 saturated carbocycles. The first-order valence-electron chi connectivity index (χ1n) is 21.2. The second-order valence-electron chi connectivity index (χ2n) is 15.1. The molecule has 18 heteroatoms. The summed E-state index contributed by atoms with van der Waals surface area (Å²) < 4.78 is 29.9. The Balaban J connectivity index is 0.756. The molecule has 6 rings (SSSR count). The number of aryl methyl sites for hydroxylation is 1. The quantitative estimate of drug-likeness (QED) is 0.0662. The molecule has 17 nitrogen and oxygen atoms in total. The molecule has 2 aliphatic rings. The third-order valence-electron chi connectivity index (χ3n) is 10.5. The van der Waals surface area contributed by atoms with Crippen molar-refractivity contribution in [3.05, 3.63) is 71.5 Å². The predicted octanol–water partition coefficient (Wildman–Crippen LogP) is 4.50. The number of ether oxygens (including phenoxy) is 5. The third-order valence-corrected chi connectivity index (χ3v) is 10.7. The van der Waals surface area contributed by atoms with Gasteiger partial charge in [0, 0.05) is 68.3 Å². The summed E-state index contributed by atoms with van der Waals surface area (Å²) in [5.41, 5.74) is 4.44. The molecule has 3 N–H and O–H groups in total. The van der Waals surface area contributed by atoms with Gasteiger partial charge in [0.15, 0.2) is 6.61 Å². The van der Waals surface area contributed by atoms with E-state index in [0.717, 1.165) is 66.5 Å². The predicted molar refractivity (Wildman–Crippen MR) is 235 cm³/mol. The molecule has 0 unspecified atom stereocenters. The maximum Gasteiger partial charge on any atom is 0.270 e. The zero-order chi connectivity index (χ0) is 43.7. The zero-order valence-electron chi connectivity index (χ0n) is 35.5. The van der Waals surface area contributed by atoms with Crippen LogP contribution in [-0.2, 0) is 35.0 Å². The molecule has 0 radical (unpaired) electrons. The van der Waals surface area contributed by atoms with Crippen molar-refractivity contribution >= 4 is 63.6 Å². The lowest BCUT2D eigenvalue weighted by Crippen LogP contribution is -2.36. The summed E-state index contributed by atoms with van der Waals surface area (Å²) in [6.07, 6.45) is 7.69. The van der Waals surface area contributed by atoms with Gasteiger partial charge < -0.3 is 54.0 Å². The number of halogens is 1. The van der Waals surface area contributed by atoms with Crippen LogP contribution in [0.1, 0.15) is 64.6 Å². The Morgan fingerprint density at radius 3 is 2.15 bits per heavy atom. The molecule has 62 heavy (non-hydrogen) atoms. The van der Waals surface area contributed by atoms with Gasteiger partial charge >= 0.3 is 0 Å². The first kappa shape index (κ1) is 46.2. The van der Waals surface area contributed by atoms with Crippen LogP contribution in [0, 0.1) is 0 Å². The molecule has 4 amide bonds. The van der Waals surface area contributed by atoms with Gasteiger partial charge in [-0.15, -0.1) is 11.6 Å². The number of aromatic nitrogens is 3. The van der Waals surface area contributed by atoms with Gasteiger partial charge in [-0.1, -0.05) is 12.8 Å². The maximum absolute atomic E-state index is 13.0. The minimum absolute atomic E-state index is 0.0559. The van der Waals surface area contributed by atoms with E-state index >= 15 is 0 Å². The van der Waals surface area contributed by atoms with Crippen LogP contribution in [0.4, 0.5) is 17.3 Å². The molecule has 1 aliphatic heterocycles. The van der Waals surface area contributed by atoms with Crippen LogP contribution in [0.15, 0.2) is 54.7 Å². The molecule has 0 saturated heterocycles. The van der Waals surface area contributed by atoms with E-state index in [4.69, 9.17) is 40.3 Å². The number of amides is 4. The number of fused-ring (bicyclic) bond motifs is 2. The van der Waals surface area contributed by atoms with Gasteiger partial charge in [0.1, 0.15) is 23.0 Å². The Bertz CT molecular complexity index is 2110. The van der Waals surface area contributed by atoms with E-state index in [1.54, 1.807) is 60.4 Å². The fraction of sp³-hybridized carbons (Fsp3) is 0.500. The molecule has 4 aromatic rings. The number of alkyl halides is 1. The second kappa shape index (κ2) is 23.8. The summed E-state index contributed by atoms with van der Waals surface area (Å²) in [7, 11) is 3.51. The Hall–Kier alpha value is -5.33. The number of hydrogen-bond acceptors (Lipinski definition) is 12. The van der Waals surface area contributed by atoms with Crippen LogP contribution in [0.25, 0.3) is 11.0 Å². The largest absolute Gasteiger partial charge is 0.484 e. The summed E-state index contributed by atoms with van der Waals surface area (Å²) >= 11 is 5.74. The van der Waals surface area contributed by atoms with E-state index in [0.29, 0.717) is 95.4 Å². The number of carbonyl (C=O) groups is 4. The molecule has 1 fully saturated rings. The highest BCUT2D eigenvalue weighted by Crippen LogP contribution is 2.35. The lowest BCUT2D eigenvalue weighted by Gasteiger charge is -2.29. The van der Waals surface area contributed by atoms with Crippen molar-refractivity contribution in [1.82, 2.24) is 30.1 Å². The smallest absolute Gasteiger partial charge is 0.270 e. The zero-order valence-corrected chi connectivity index (χ0v) is 36.3. The van der Waals surface area contributed by atoms with Gasteiger partial charge in [-0.3, -0.25) is 19.2 Å². The Kier molecular flexibility index (Phi) is 17.7. The van der Waals surface area contributed by atoms with Crippen LogP contribution < -0.4 is 25.6 Å². The van der Waals surface area contributed by atoms with E-state index in [1.807, 2.05) is 18.2 Å². The average molecular weight is 877 g/mol. The van der Waals surface area contributed by atoms with Gasteiger partial charge in [-0.05, 0) is 79.8 Å². The fourth-order valence-electron chi connectivity index (χ4n) is 7.39. The SMILES string of the molecule is CN(C)C(=O)c1cc2cnc(Nc3ccc(C(=O)NCCOCCOCCOCCOCCNC(=O)COc4ccc5c(c4)CCCN5C(=O)CCl)cc3)nc2n1C1CCCC1. The highest BCUT2D eigenvalue weighted by molar-refractivity contribution is 6.29. The summed E-state index contributed by atoms with van der Waals surface area (Å²) in [6.45, 7) is 4.25. The number of nitrogens with one attached hydrogen (secondary N) is 3. The van der Waals surface area contributed by atoms with E-state index in [1.165, 1.54) is 0 Å². The average Bonchev–Trinajstić information content (AvgIpc) is 3.95. The van der Waals surface area contributed by atoms with Crippen molar-refractivity contribution in [1.29, 1.82) is 0 Å². The summed E-state index contributed by atoms with van der Waals surface area (Å²) in [5, 5.41) is 9.67. The highest BCUT2D eigenvalue weighted by atomic mass is 35.5. The van der Waals surface area contributed by atoms with Crippen molar-refractivity contribution in [2.75, 3.05) is 109 Å². The molecule has 2 aromatic heterocycles. The fourth-order valence-corrected chi connectivity index (χ4v) is 7.53. The van der Waals surface area contributed by atoms with Gasteiger partial charge in [0.2, 0.25) is 11.9 Å². The Morgan fingerprint density at radius 2 is 1.48 bits per heavy atom. The highest BCUT2D eigenvalue weighted by Gasteiger charge is 2.27. The lowest BCUT2D eigenvalue weighted by molar-refractivity contribution is -0.123. The van der Waals surface area contributed by atoms with Crippen LogP contribution in [-0.4, -0.2) is 142 Å². The first-order valence-corrected chi connectivity index (χ1v) is 21.7. The molecule has 0 atom stereocenters. The molecular formula is C44H57ClN8O9. The van der Waals surface area contributed by atoms with E-state index in [-0.39, 0.29) is 42.2 Å². The monoisotopic (exact) mass is 876 g/mol. The van der Waals surface area contributed by atoms with Crippen LogP contribution >= 0.6 is 11.6 Å². The molecule has 0 spiro atoms. The summed E-state index contributed by atoms with van der Waals surface area (Å²) in [4.78, 5) is 62.6. The number of rotatable bonds is 24. The molecule has 334 valence electrons. The molecule has 2 aromatic carbocycles. The number of hydrogen-bond donors (Lipinski definition) is 3. The summed E-state index contributed by atoms with van der Waals surface area (Å²) in [6, 6.07) is 14.6. The summed E-state index contributed by atoms with van der Waals surface area (Å²) in [5.74, 6) is 0.269. The van der Waals surface area contributed by atoms with Crippen molar-refractivity contribution < 1.29 is 42.9 Å². The van der Waals surface area contributed by atoms with Gasteiger partial charge in [0.05, 0.1) is 52.9 Å².